The largest absolute Gasteiger partial charge is 0.494 e. The van der Waals surface area contributed by atoms with Crippen LogP contribution in [0.25, 0.3) is 0 Å². The van der Waals surface area contributed by atoms with Crippen molar-refractivity contribution in [3.05, 3.63) is 29.8 Å². The zero-order valence-corrected chi connectivity index (χ0v) is 8.03. The lowest BCUT2D eigenvalue weighted by molar-refractivity contribution is 0.245. The van der Waals surface area contributed by atoms with Crippen LogP contribution in [-0.2, 0) is 0 Å². The van der Waals surface area contributed by atoms with Gasteiger partial charge in [-0.1, -0.05) is 12.1 Å². The number of ether oxygens (including phenoxy) is 1. The summed E-state index contributed by atoms with van der Waals surface area (Å²) >= 11 is 0. The molecule has 1 atom stereocenters. The van der Waals surface area contributed by atoms with E-state index in [2.05, 4.69) is 0 Å². The highest BCUT2D eigenvalue weighted by Crippen LogP contribution is 2.17. The fourth-order valence-electron chi connectivity index (χ4n) is 1.09. The molecule has 0 aliphatic rings. The fourth-order valence-corrected chi connectivity index (χ4v) is 1.09. The van der Waals surface area contributed by atoms with E-state index in [4.69, 9.17) is 15.9 Å². The summed E-state index contributed by atoms with van der Waals surface area (Å²) in [7, 11) is 0. The Bertz CT molecular complexity index is 308. The van der Waals surface area contributed by atoms with Gasteiger partial charge in [-0.2, -0.15) is 0 Å². The highest BCUT2D eigenvalue weighted by atomic mass is 16.5. The molecule has 1 aromatic carbocycles. The molecule has 14 heavy (non-hydrogen) atoms. The normalized spacial score (nSPS) is 12.1. The Labute approximate surface area is 82.8 Å². The lowest BCUT2D eigenvalue weighted by Crippen LogP contribution is -2.19. The van der Waals surface area contributed by atoms with Crippen LogP contribution in [0.3, 0.4) is 0 Å². The smallest absolute Gasteiger partial charge is 0.135 e. The first-order valence-electron chi connectivity index (χ1n) is 4.40. The van der Waals surface area contributed by atoms with Gasteiger partial charge < -0.3 is 15.6 Å². The molecule has 0 radical (unpaired) electrons. The maximum atomic E-state index is 9.43. The summed E-state index contributed by atoms with van der Waals surface area (Å²) in [6.45, 7) is 2.51. The second kappa shape index (κ2) is 4.62. The van der Waals surface area contributed by atoms with Crippen LogP contribution in [0.4, 0.5) is 0 Å². The Morgan fingerprint density at radius 2 is 2.07 bits per heavy atom. The van der Waals surface area contributed by atoms with Crippen molar-refractivity contribution in [1.29, 1.82) is 5.41 Å². The number of hydrogen-bond acceptors (Lipinski definition) is 3. The number of hydrogen-bond donors (Lipinski definition) is 3. The third-order valence-corrected chi connectivity index (χ3v) is 1.80. The van der Waals surface area contributed by atoms with Gasteiger partial charge >= 0.3 is 0 Å². The predicted octanol–water partition coefficient (Wildman–Crippen LogP) is 1.05. The maximum absolute atomic E-state index is 9.43. The van der Waals surface area contributed by atoms with E-state index in [1.165, 1.54) is 0 Å². The number of aliphatic hydroxyl groups excluding tert-OH is 1. The van der Waals surface area contributed by atoms with E-state index >= 15 is 0 Å². The number of benzene rings is 1. The van der Waals surface area contributed by atoms with Gasteiger partial charge in [-0.25, -0.2) is 0 Å². The van der Waals surface area contributed by atoms with Crippen LogP contribution < -0.4 is 10.5 Å². The van der Waals surface area contributed by atoms with Gasteiger partial charge in [-0.15, -0.1) is 0 Å². The molecule has 4 nitrogen and oxygen atoms in total. The predicted molar refractivity (Wildman–Crippen MR) is 54.5 cm³/mol. The third-order valence-electron chi connectivity index (χ3n) is 1.80. The van der Waals surface area contributed by atoms with Crippen molar-refractivity contribution < 1.29 is 9.84 Å². The molecule has 0 unspecified atom stereocenters. The average Bonchev–Trinajstić information content (AvgIpc) is 2.18. The molecule has 1 rings (SSSR count). The summed E-state index contributed by atoms with van der Waals surface area (Å²) in [5.74, 6) is 0.487. The van der Waals surface area contributed by atoms with Gasteiger partial charge in [0.25, 0.3) is 0 Å². The van der Waals surface area contributed by atoms with Crippen LogP contribution in [0.1, 0.15) is 18.6 Å². The summed E-state index contributed by atoms with van der Waals surface area (Å²) in [4.78, 5) is 0. The Morgan fingerprint density at radius 3 is 2.50 bits per heavy atom. The minimum atomic E-state index is -1.02. The lowest BCUT2D eigenvalue weighted by Gasteiger charge is -2.09. The standard InChI is InChI=1S/C10H14N2O2/c1-2-14-8-5-3-7(4-6-8)9(13)10(11)12/h3-6,9,13H,2H2,1H3,(H3,11,12)/t9-/m0/s1. The van der Waals surface area contributed by atoms with Crippen molar-refractivity contribution in [2.24, 2.45) is 5.73 Å². The molecule has 0 bridgehead atoms. The van der Waals surface area contributed by atoms with E-state index < -0.39 is 6.10 Å². The number of amidine groups is 1. The van der Waals surface area contributed by atoms with Gasteiger partial charge in [0.05, 0.1) is 6.61 Å². The molecule has 0 amide bonds. The molecule has 0 saturated heterocycles. The molecule has 0 spiro atoms. The molecule has 76 valence electrons. The zero-order valence-electron chi connectivity index (χ0n) is 8.03. The van der Waals surface area contributed by atoms with E-state index in [1.54, 1.807) is 24.3 Å². The Balaban J connectivity index is 2.77. The quantitative estimate of drug-likeness (QED) is 0.495. The Kier molecular flexibility index (Phi) is 3.48. The van der Waals surface area contributed by atoms with Gasteiger partial charge in [0, 0.05) is 0 Å². The highest BCUT2D eigenvalue weighted by molar-refractivity contribution is 5.82. The van der Waals surface area contributed by atoms with Crippen LogP contribution in [0.2, 0.25) is 0 Å². The minimum absolute atomic E-state index is 0.255. The summed E-state index contributed by atoms with van der Waals surface area (Å²) in [5, 5.41) is 16.5. The van der Waals surface area contributed by atoms with E-state index in [1.807, 2.05) is 6.92 Å². The molecular formula is C10H14N2O2. The molecule has 0 fully saturated rings. The highest BCUT2D eigenvalue weighted by Gasteiger charge is 2.09. The molecule has 0 heterocycles. The zero-order chi connectivity index (χ0) is 10.6. The van der Waals surface area contributed by atoms with Gasteiger partial charge in [0.15, 0.2) is 0 Å². The molecule has 4 N–H and O–H groups in total. The van der Waals surface area contributed by atoms with Crippen molar-refractivity contribution >= 4 is 5.84 Å². The van der Waals surface area contributed by atoms with E-state index in [-0.39, 0.29) is 5.84 Å². The van der Waals surface area contributed by atoms with Crippen molar-refractivity contribution in [3.8, 4) is 5.75 Å². The maximum Gasteiger partial charge on any atom is 0.135 e. The van der Waals surface area contributed by atoms with E-state index in [0.717, 1.165) is 5.75 Å². The third kappa shape index (κ3) is 2.47. The van der Waals surface area contributed by atoms with Crippen molar-refractivity contribution in [3.63, 3.8) is 0 Å². The van der Waals surface area contributed by atoms with Crippen LogP contribution in [0.15, 0.2) is 24.3 Å². The van der Waals surface area contributed by atoms with Gasteiger partial charge in [0.1, 0.15) is 17.7 Å². The average molecular weight is 194 g/mol. The van der Waals surface area contributed by atoms with Crippen molar-refractivity contribution in [1.82, 2.24) is 0 Å². The van der Waals surface area contributed by atoms with Gasteiger partial charge in [-0.05, 0) is 24.6 Å². The van der Waals surface area contributed by atoms with Crippen LogP contribution >= 0.6 is 0 Å². The minimum Gasteiger partial charge on any atom is -0.494 e. The Hall–Kier alpha value is -1.55. The molecule has 0 aliphatic heterocycles. The number of nitrogens with two attached hydrogens (primary N) is 1. The monoisotopic (exact) mass is 194 g/mol. The number of rotatable bonds is 4. The number of aliphatic hydroxyl groups is 1. The van der Waals surface area contributed by atoms with Gasteiger partial charge in [0.2, 0.25) is 0 Å². The SMILES string of the molecule is CCOc1ccc([C@H](O)C(=N)N)cc1. The first-order chi connectivity index (χ1) is 6.65. The van der Waals surface area contributed by atoms with Crippen molar-refractivity contribution in [2.45, 2.75) is 13.0 Å². The van der Waals surface area contributed by atoms with Crippen molar-refractivity contribution in [2.75, 3.05) is 6.61 Å². The summed E-state index contributed by atoms with van der Waals surface area (Å²) in [6, 6.07) is 6.87. The number of nitrogens with one attached hydrogen (secondary N) is 1. The topological polar surface area (TPSA) is 79.3 Å². The fraction of sp³-hybridized carbons (Fsp3) is 0.300. The van der Waals surface area contributed by atoms with E-state index in [0.29, 0.717) is 12.2 Å². The summed E-state index contributed by atoms with van der Waals surface area (Å²) < 4.78 is 5.23. The molecular weight excluding hydrogens is 180 g/mol. The molecule has 0 saturated carbocycles. The molecule has 0 aromatic heterocycles. The molecule has 0 aliphatic carbocycles. The van der Waals surface area contributed by atoms with E-state index in [9.17, 15) is 5.11 Å². The second-order valence-electron chi connectivity index (χ2n) is 2.86. The Morgan fingerprint density at radius 1 is 1.50 bits per heavy atom. The molecule has 1 aromatic rings. The lowest BCUT2D eigenvalue weighted by atomic mass is 10.1. The summed E-state index contributed by atoms with van der Waals surface area (Å²) in [6.07, 6.45) is -1.02. The van der Waals surface area contributed by atoms with Crippen LogP contribution in [-0.4, -0.2) is 17.5 Å². The van der Waals surface area contributed by atoms with Crippen LogP contribution in [0.5, 0.6) is 5.75 Å². The molecule has 4 heteroatoms. The van der Waals surface area contributed by atoms with Crippen LogP contribution in [0, 0.1) is 5.41 Å². The first-order valence-corrected chi connectivity index (χ1v) is 4.40. The first kappa shape index (κ1) is 10.5. The van der Waals surface area contributed by atoms with Gasteiger partial charge in [-0.3, -0.25) is 5.41 Å². The summed E-state index contributed by atoms with van der Waals surface area (Å²) in [5.41, 5.74) is 5.76. The second-order valence-corrected chi connectivity index (χ2v) is 2.86.